The minimum Gasteiger partial charge on any atom is -0.497 e. The van der Waals surface area contributed by atoms with Crippen LogP contribution in [0.2, 0.25) is 0 Å². The van der Waals surface area contributed by atoms with E-state index in [0.717, 1.165) is 54.9 Å². The maximum Gasteiger partial charge on any atom is 0.303 e. The first-order valence-corrected chi connectivity index (χ1v) is 12.8. The number of hydrogen-bond donors (Lipinski definition) is 1. The summed E-state index contributed by atoms with van der Waals surface area (Å²) in [7, 11) is 1.61. The van der Waals surface area contributed by atoms with Gasteiger partial charge < -0.3 is 14.7 Å². The monoisotopic (exact) mass is 462 g/mol. The molecule has 7 heteroatoms. The van der Waals surface area contributed by atoms with Gasteiger partial charge in [0.1, 0.15) is 11.9 Å². The summed E-state index contributed by atoms with van der Waals surface area (Å²) in [5.41, 5.74) is 1.42. The third-order valence-corrected chi connectivity index (χ3v) is 7.45. The summed E-state index contributed by atoms with van der Waals surface area (Å²) in [6.07, 6.45) is 3.67. The number of carboxylic acid groups (broad SMARTS) is 1. The summed E-state index contributed by atoms with van der Waals surface area (Å²) >= 11 is 1.94. The molecule has 3 rings (SSSR count). The number of piperidine rings is 1. The molecule has 0 bridgehead atoms. The normalized spacial score (nSPS) is 20.3. The standard InChI is InChI=1S/C25H35FN2O3S/c1-3-32-15-14-28-13-11-18(19(17-28)5-9-25(29)30)4-7-23(26)21-10-12-27-24-8-6-20(31-2)16-22(21)24/h6,8,10,12,16,18-19,23H,3-5,7,9,11,13-15,17H2,1-2H3,(H,29,30)/t18?,19?,23-/m0/s1. The van der Waals surface area contributed by atoms with Crippen molar-refractivity contribution in [1.82, 2.24) is 9.88 Å². The van der Waals surface area contributed by atoms with Crippen molar-refractivity contribution in [1.29, 1.82) is 0 Å². The molecule has 2 heterocycles. The van der Waals surface area contributed by atoms with Gasteiger partial charge in [-0.25, -0.2) is 4.39 Å². The molecular formula is C25H35FN2O3S. The van der Waals surface area contributed by atoms with Crippen LogP contribution in [0.3, 0.4) is 0 Å². The zero-order valence-electron chi connectivity index (χ0n) is 19.1. The van der Waals surface area contributed by atoms with E-state index in [4.69, 9.17) is 4.74 Å². The number of aromatic nitrogens is 1. The van der Waals surface area contributed by atoms with Gasteiger partial charge in [0.25, 0.3) is 0 Å². The van der Waals surface area contributed by atoms with E-state index in [1.165, 1.54) is 0 Å². The average molecular weight is 463 g/mol. The molecule has 32 heavy (non-hydrogen) atoms. The Hall–Kier alpha value is -1.86. The molecule has 5 nitrogen and oxygen atoms in total. The van der Waals surface area contributed by atoms with Gasteiger partial charge in [-0.15, -0.1) is 0 Å². The number of ether oxygens (including phenoxy) is 1. The highest BCUT2D eigenvalue weighted by Gasteiger charge is 2.30. The molecule has 2 aromatic rings. The summed E-state index contributed by atoms with van der Waals surface area (Å²) < 4.78 is 20.7. The van der Waals surface area contributed by atoms with Crippen LogP contribution in [0.1, 0.15) is 50.8 Å². The molecule has 1 fully saturated rings. The molecule has 1 aliphatic rings. The van der Waals surface area contributed by atoms with E-state index >= 15 is 4.39 Å². The molecule has 176 valence electrons. The van der Waals surface area contributed by atoms with Gasteiger partial charge in [-0.1, -0.05) is 6.92 Å². The number of carboxylic acids is 1. The lowest BCUT2D eigenvalue weighted by atomic mass is 9.79. The van der Waals surface area contributed by atoms with E-state index in [1.807, 2.05) is 30.0 Å². The number of carbonyl (C=O) groups is 1. The molecule has 0 spiro atoms. The molecule has 1 aromatic heterocycles. The zero-order valence-corrected chi connectivity index (χ0v) is 20.0. The van der Waals surface area contributed by atoms with Crippen molar-refractivity contribution in [2.24, 2.45) is 11.8 Å². The van der Waals surface area contributed by atoms with Crippen molar-refractivity contribution in [3.05, 3.63) is 36.0 Å². The number of fused-ring (bicyclic) bond motifs is 1. The Balaban J connectivity index is 1.64. The Morgan fingerprint density at radius 1 is 1.34 bits per heavy atom. The van der Waals surface area contributed by atoms with Crippen LogP contribution in [0.4, 0.5) is 4.39 Å². The van der Waals surface area contributed by atoms with E-state index in [2.05, 4.69) is 16.8 Å². The number of pyridine rings is 1. The fraction of sp³-hybridized carbons (Fsp3) is 0.600. The molecule has 2 unspecified atom stereocenters. The van der Waals surface area contributed by atoms with Gasteiger partial charge in [0, 0.05) is 36.8 Å². The number of likely N-dealkylation sites (tertiary alicyclic amines) is 1. The minimum atomic E-state index is -1.08. The highest BCUT2D eigenvalue weighted by atomic mass is 32.2. The number of aliphatic carboxylic acids is 1. The van der Waals surface area contributed by atoms with E-state index in [0.29, 0.717) is 36.0 Å². The SMILES string of the molecule is CCSCCN1CCC(CC[C@H](F)c2ccnc3ccc(OC)cc23)C(CCC(=O)O)C1. The third-order valence-electron chi connectivity index (χ3n) is 6.57. The molecule has 1 aliphatic heterocycles. The number of methoxy groups -OCH3 is 1. The number of nitrogens with zero attached hydrogens (tertiary/aromatic N) is 2. The first kappa shape index (κ1) is 24.8. The van der Waals surface area contributed by atoms with Crippen LogP contribution in [0.15, 0.2) is 30.5 Å². The van der Waals surface area contributed by atoms with E-state index in [1.54, 1.807) is 19.4 Å². The molecule has 0 radical (unpaired) electrons. The Bertz CT molecular complexity index is 881. The first-order valence-electron chi connectivity index (χ1n) is 11.6. The summed E-state index contributed by atoms with van der Waals surface area (Å²) in [6, 6.07) is 7.32. The topological polar surface area (TPSA) is 62.7 Å². The first-order chi connectivity index (χ1) is 15.5. The molecular weight excluding hydrogens is 427 g/mol. The molecule has 0 saturated carbocycles. The van der Waals surface area contributed by atoms with Crippen molar-refractivity contribution in [3.8, 4) is 5.75 Å². The van der Waals surface area contributed by atoms with Gasteiger partial charge in [0.05, 0.1) is 12.6 Å². The van der Waals surface area contributed by atoms with Crippen LogP contribution >= 0.6 is 11.8 Å². The molecule has 1 aromatic carbocycles. The molecule has 3 atom stereocenters. The Labute approximate surface area is 194 Å². The van der Waals surface area contributed by atoms with E-state index < -0.39 is 12.1 Å². The van der Waals surface area contributed by atoms with Gasteiger partial charge in [-0.2, -0.15) is 11.8 Å². The predicted molar refractivity (Wildman–Crippen MR) is 129 cm³/mol. The Kier molecular flexibility index (Phi) is 9.60. The minimum absolute atomic E-state index is 0.187. The van der Waals surface area contributed by atoms with Crippen LogP contribution in [0.25, 0.3) is 10.9 Å². The predicted octanol–water partition coefficient (Wildman–Crippen LogP) is 5.59. The van der Waals surface area contributed by atoms with Crippen LogP contribution in [-0.4, -0.2) is 59.2 Å². The molecule has 1 saturated heterocycles. The van der Waals surface area contributed by atoms with Gasteiger partial charge in [0.2, 0.25) is 0 Å². The highest BCUT2D eigenvalue weighted by molar-refractivity contribution is 7.99. The third kappa shape index (κ3) is 6.82. The maximum absolute atomic E-state index is 15.4. The molecule has 0 amide bonds. The van der Waals surface area contributed by atoms with Crippen LogP contribution < -0.4 is 4.74 Å². The lowest BCUT2D eigenvalue weighted by molar-refractivity contribution is -0.137. The van der Waals surface area contributed by atoms with Crippen molar-refractivity contribution < 1.29 is 19.0 Å². The quantitative estimate of drug-likeness (QED) is 0.415. The number of thioether (sulfide) groups is 1. The summed E-state index contributed by atoms with van der Waals surface area (Å²) in [5, 5.41) is 9.98. The van der Waals surface area contributed by atoms with Gasteiger partial charge in [-0.3, -0.25) is 9.78 Å². The van der Waals surface area contributed by atoms with Gasteiger partial charge in [-0.05, 0) is 79.6 Å². The van der Waals surface area contributed by atoms with E-state index in [9.17, 15) is 9.90 Å². The average Bonchev–Trinajstić information content (AvgIpc) is 2.81. The summed E-state index contributed by atoms with van der Waals surface area (Å²) in [6.45, 7) is 5.16. The van der Waals surface area contributed by atoms with Crippen molar-refractivity contribution >= 4 is 28.6 Å². The van der Waals surface area contributed by atoms with Crippen LogP contribution in [-0.2, 0) is 4.79 Å². The number of benzene rings is 1. The second-order valence-corrected chi connectivity index (χ2v) is 9.96. The smallest absolute Gasteiger partial charge is 0.303 e. The van der Waals surface area contributed by atoms with E-state index in [-0.39, 0.29) is 6.42 Å². The lowest BCUT2D eigenvalue weighted by Gasteiger charge is -2.39. The summed E-state index contributed by atoms with van der Waals surface area (Å²) in [5.74, 6) is 2.85. The number of hydrogen-bond acceptors (Lipinski definition) is 5. The van der Waals surface area contributed by atoms with Crippen molar-refractivity contribution in [2.75, 3.05) is 38.2 Å². The Morgan fingerprint density at radius 3 is 2.94 bits per heavy atom. The second-order valence-electron chi connectivity index (χ2n) is 8.57. The second kappa shape index (κ2) is 12.4. The maximum atomic E-state index is 15.4. The van der Waals surface area contributed by atoms with Gasteiger partial charge in [0.15, 0.2) is 0 Å². The molecule has 0 aliphatic carbocycles. The fourth-order valence-corrected chi connectivity index (χ4v) is 5.45. The lowest BCUT2D eigenvalue weighted by Crippen LogP contribution is -2.41. The van der Waals surface area contributed by atoms with Crippen molar-refractivity contribution in [2.45, 2.75) is 45.2 Å². The number of halogens is 1. The van der Waals surface area contributed by atoms with Crippen LogP contribution in [0.5, 0.6) is 5.75 Å². The number of rotatable bonds is 12. The van der Waals surface area contributed by atoms with Gasteiger partial charge >= 0.3 is 5.97 Å². The summed E-state index contributed by atoms with van der Waals surface area (Å²) in [4.78, 5) is 18.0. The highest BCUT2D eigenvalue weighted by Crippen LogP contribution is 2.36. The zero-order chi connectivity index (χ0) is 22.9. The largest absolute Gasteiger partial charge is 0.497 e. The van der Waals surface area contributed by atoms with Crippen LogP contribution in [0, 0.1) is 11.8 Å². The Morgan fingerprint density at radius 2 is 2.19 bits per heavy atom. The fourth-order valence-electron chi connectivity index (χ4n) is 4.78. The molecule has 1 N–H and O–H groups in total. The van der Waals surface area contributed by atoms with Crippen molar-refractivity contribution in [3.63, 3.8) is 0 Å². The number of alkyl halides is 1.